The Morgan fingerprint density at radius 3 is 2.71 bits per heavy atom. The van der Waals surface area contributed by atoms with E-state index in [9.17, 15) is 14.7 Å². The maximum Gasteiger partial charge on any atom is 0.326 e. The molecule has 0 aliphatic carbocycles. The van der Waals surface area contributed by atoms with Gasteiger partial charge in [0.05, 0.1) is 11.6 Å². The van der Waals surface area contributed by atoms with E-state index in [4.69, 9.17) is 5.11 Å². The fourth-order valence-electron chi connectivity index (χ4n) is 5.09. The average Bonchev–Trinajstić information content (AvgIpc) is 3.25. The van der Waals surface area contributed by atoms with Gasteiger partial charge in [-0.15, -0.1) is 6.58 Å². The number of nitrogens with one attached hydrogen (secondary N) is 1. The highest BCUT2D eigenvalue weighted by Gasteiger charge is 2.42. The Morgan fingerprint density at radius 2 is 2.10 bits per heavy atom. The van der Waals surface area contributed by atoms with E-state index in [0.29, 0.717) is 24.7 Å². The van der Waals surface area contributed by atoms with Crippen LogP contribution in [-0.4, -0.2) is 57.1 Å². The van der Waals surface area contributed by atoms with E-state index in [-0.39, 0.29) is 11.9 Å². The number of fused-ring (bicyclic) bond motifs is 4. The van der Waals surface area contributed by atoms with E-state index < -0.39 is 18.1 Å². The van der Waals surface area contributed by atoms with Crippen LogP contribution in [0.15, 0.2) is 49.2 Å². The standard InChI is InChI=1S/C19H22N2O.C5H7NO3/c1-2-13-12-21-10-8-14(13)11-18(21)19(22)16-7-9-20-17-6-4-3-5-15(16)17;7-4-2-1-3(6-4)5(8)9/h2-7,9,13-14,18-19,22H,1,8,10-12H2;3H,1-2H2,(H,6,7)(H,8,9)/t;3-/m.0/s1. The van der Waals surface area contributed by atoms with E-state index in [0.717, 1.165) is 36.0 Å². The van der Waals surface area contributed by atoms with Crippen LogP contribution in [0.3, 0.4) is 0 Å². The number of carboxylic acids is 1. The quantitative estimate of drug-likeness (QED) is 0.653. The van der Waals surface area contributed by atoms with Crippen LogP contribution in [0, 0.1) is 11.8 Å². The molecule has 4 fully saturated rings. The summed E-state index contributed by atoms with van der Waals surface area (Å²) in [6.07, 6.45) is 6.53. The second-order valence-corrected chi connectivity index (χ2v) is 8.61. The van der Waals surface area contributed by atoms with E-state index in [2.05, 4.69) is 33.9 Å². The number of carbonyl (C=O) groups excluding carboxylic acids is 1. The molecule has 4 aliphatic heterocycles. The molecular formula is C24H29N3O4. The summed E-state index contributed by atoms with van der Waals surface area (Å²) in [5.41, 5.74) is 1.97. The second-order valence-electron chi connectivity index (χ2n) is 8.61. The van der Waals surface area contributed by atoms with Crippen LogP contribution < -0.4 is 5.32 Å². The minimum atomic E-state index is -0.944. The average molecular weight is 424 g/mol. The van der Waals surface area contributed by atoms with Crippen LogP contribution >= 0.6 is 0 Å². The van der Waals surface area contributed by atoms with Crippen molar-refractivity contribution in [1.82, 2.24) is 15.2 Å². The first kappa shape index (κ1) is 21.5. The summed E-state index contributed by atoms with van der Waals surface area (Å²) < 4.78 is 0. The van der Waals surface area contributed by atoms with Crippen molar-refractivity contribution in [1.29, 1.82) is 0 Å². The van der Waals surface area contributed by atoms with Crippen molar-refractivity contribution in [3.8, 4) is 0 Å². The molecule has 4 aliphatic rings. The molecule has 0 spiro atoms. The normalized spacial score (nSPS) is 30.2. The van der Waals surface area contributed by atoms with Crippen LogP contribution in [0.5, 0.6) is 0 Å². The maximum absolute atomic E-state index is 11.0. The topological polar surface area (TPSA) is 103 Å². The molecule has 2 bridgehead atoms. The Kier molecular flexibility index (Phi) is 6.34. The molecular weight excluding hydrogens is 394 g/mol. The lowest BCUT2D eigenvalue weighted by Gasteiger charge is -2.50. The third kappa shape index (κ3) is 4.48. The van der Waals surface area contributed by atoms with E-state index >= 15 is 0 Å². The highest BCUT2D eigenvalue weighted by atomic mass is 16.4. The molecule has 6 rings (SSSR count). The Labute approximate surface area is 181 Å². The predicted molar refractivity (Wildman–Crippen MR) is 117 cm³/mol. The van der Waals surface area contributed by atoms with Gasteiger partial charge in [-0.05, 0) is 55.3 Å². The number of piperidine rings is 3. The van der Waals surface area contributed by atoms with Gasteiger partial charge in [-0.25, -0.2) is 4.79 Å². The number of para-hydroxylation sites is 1. The lowest BCUT2D eigenvalue weighted by atomic mass is 9.73. The number of aromatic nitrogens is 1. The SMILES string of the molecule is C=CC1CN2CCC1CC2C(O)c1ccnc2ccccc12.O=C1CC[C@@H](C(=O)O)N1. The highest BCUT2D eigenvalue weighted by molar-refractivity contribution is 5.87. The number of benzene rings is 1. The van der Waals surface area contributed by atoms with Gasteiger partial charge < -0.3 is 15.5 Å². The van der Waals surface area contributed by atoms with Gasteiger partial charge in [0.2, 0.25) is 5.91 Å². The Morgan fingerprint density at radius 1 is 1.29 bits per heavy atom. The Balaban J connectivity index is 0.000000217. The molecule has 3 N–H and O–H groups in total. The second kappa shape index (κ2) is 9.16. The molecule has 4 saturated heterocycles. The van der Waals surface area contributed by atoms with Crippen LogP contribution in [-0.2, 0) is 9.59 Å². The number of pyridine rings is 1. The number of carbonyl (C=O) groups is 2. The summed E-state index contributed by atoms with van der Waals surface area (Å²) in [6.45, 7) is 6.11. The molecule has 31 heavy (non-hydrogen) atoms. The van der Waals surface area contributed by atoms with Crippen molar-refractivity contribution in [2.45, 2.75) is 43.9 Å². The molecule has 1 aromatic carbocycles. The lowest BCUT2D eigenvalue weighted by molar-refractivity contribution is -0.140. The first-order valence-corrected chi connectivity index (χ1v) is 10.9. The van der Waals surface area contributed by atoms with Gasteiger partial charge in [-0.1, -0.05) is 24.3 Å². The minimum absolute atomic E-state index is 0.164. The molecule has 164 valence electrons. The van der Waals surface area contributed by atoms with Gasteiger partial charge in [0, 0.05) is 30.6 Å². The van der Waals surface area contributed by atoms with Gasteiger partial charge in [-0.3, -0.25) is 14.7 Å². The summed E-state index contributed by atoms with van der Waals surface area (Å²) in [5, 5.41) is 22.7. The molecule has 2 aromatic rings. The number of aliphatic hydroxyl groups is 1. The fraction of sp³-hybridized carbons (Fsp3) is 0.458. The number of carboxylic acid groups (broad SMARTS) is 1. The zero-order valence-electron chi connectivity index (χ0n) is 17.5. The zero-order valence-corrected chi connectivity index (χ0v) is 17.5. The van der Waals surface area contributed by atoms with Crippen LogP contribution in [0.4, 0.5) is 0 Å². The number of rotatable bonds is 4. The molecule has 0 saturated carbocycles. The monoisotopic (exact) mass is 423 g/mol. The predicted octanol–water partition coefficient (Wildman–Crippen LogP) is 2.51. The molecule has 5 unspecified atom stereocenters. The Bertz CT molecular complexity index is 973. The molecule has 6 atom stereocenters. The zero-order chi connectivity index (χ0) is 22.0. The van der Waals surface area contributed by atoms with E-state index in [1.54, 1.807) is 0 Å². The molecule has 0 radical (unpaired) electrons. The third-order valence-electron chi connectivity index (χ3n) is 6.81. The summed E-state index contributed by atoms with van der Waals surface area (Å²) in [7, 11) is 0. The molecule has 1 aromatic heterocycles. The van der Waals surface area contributed by atoms with Gasteiger partial charge in [0.25, 0.3) is 0 Å². The summed E-state index contributed by atoms with van der Waals surface area (Å²) >= 11 is 0. The number of hydrogen-bond acceptors (Lipinski definition) is 5. The largest absolute Gasteiger partial charge is 0.480 e. The lowest BCUT2D eigenvalue weighted by Crippen LogP contribution is -2.54. The van der Waals surface area contributed by atoms with Crippen molar-refractivity contribution < 1.29 is 19.8 Å². The third-order valence-corrected chi connectivity index (χ3v) is 6.81. The Hall–Kier alpha value is -2.77. The summed E-state index contributed by atoms with van der Waals surface area (Å²) in [4.78, 5) is 27.4. The van der Waals surface area contributed by atoms with Crippen LogP contribution in [0.1, 0.15) is 37.4 Å². The molecule has 5 heterocycles. The first-order chi connectivity index (χ1) is 15.0. The molecule has 7 nitrogen and oxygen atoms in total. The number of aliphatic hydroxyl groups excluding tert-OH is 1. The van der Waals surface area contributed by atoms with Crippen molar-refractivity contribution in [2.24, 2.45) is 11.8 Å². The van der Waals surface area contributed by atoms with Gasteiger partial charge in [-0.2, -0.15) is 0 Å². The van der Waals surface area contributed by atoms with Crippen molar-refractivity contribution >= 4 is 22.8 Å². The number of nitrogens with zero attached hydrogens (tertiary/aromatic N) is 2. The van der Waals surface area contributed by atoms with Crippen LogP contribution in [0.2, 0.25) is 0 Å². The fourth-order valence-corrected chi connectivity index (χ4v) is 5.09. The smallest absolute Gasteiger partial charge is 0.326 e. The summed E-state index contributed by atoms with van der Waals surface area (Å²) in [6, 6.07) is 9.63. The first-order valence-electron chi connectivity index (χ1n) is 10.9. The van der Waals surface area contributed by atoms with Crippen molar-refractivity contribution in [3.63, 3.8) is 0 Å². The minimum Gasteiger partial charge on any atom is -0.480 e. The van der Waals surface area contributed by atoms with Crippen LogP contribution in [0.25, 0.3) is 10.9 Å². The van der Waals surface area contributed by atoms with E-state index in [1.165, 1.54) is 6.42 Å². The van der Waals surface area contributed by atoms with Gasteiger partial charge >= 0.3 is 5.97 Å². The highest BCUT2D eigenvalue weighted by Crippen LogP contribution is 2.41. The number of hydrogen-bond donors (Lipinski definition) is 3. The molecule has 1 amide bonds. The van der Waals surface area contributed by atoms with E-state index in [1.807, 2.05) is 30.5 Å². The summed E-state index contributed by atoms with van der Waals surface area (Å²) in [5.74, 6) is 0.157. The molecule has 7 heteroatoms. The number of amides is 1. The van der Waals surface area contributed by atoms with Crippen molar-refractivity contribution in [3.05, 3.63) is 54.7 Å². The maximum atomic E-state index is 11.0. The number of aliphatic carboxylic acids is 1. The van der Waals surface area contributed by atoms with Gasteiger partial charge in [0.1, 0.15) is 6.04 Å². The van der Waals surface area contributed by atoms with Crippen molar-refractivity contribution in [2.75, 3.05) is 13.1 Å². The van der Waals surface area contributed by atoms with Gasteiger partial charge in [0.15, 0.2) is 0 Å².